The Morgan fingerprint density at radius 2 is 2.25 bits per heavy atom. The van der Waals surface area contributed by atoms with Crippen LogP contribution in [0.25, 0.3) is 10.6 Å². The van der Waals surface area contributed by atoms with E-state index in [0.29, 0.717) is 0 Å². The molecule has 0 radical (unpaired) electrons. The van der Waals surface area contributed by atoms with Gasteiger partial charge in [-0.3, -0.25) is 0 Å². The SMILES string of the molecule is CC(C)(C#N)Cc1nc(-c2cccs2)cs1. The van der Waals surface area contributed by atoms with Crippen molar-refractivity contribution in [3.63, 3.8) is 0 Å². The third kappa shape index (κ3) is 2.49. The molecule has 0 bridgehead atoms. The van der Waals surface area contributed by atoms with Crippen LogP contribution in [0.3, 0.4) is 0 Å². The molecule has 0 saturated carbocycles. The highest BCUT2D eigenvalue weighted by atomic mass is 32.1. The Bertz CT molecular complexity index is 503. The van der Waals surface area contributed by atoms with E-state index in [1.165, 1.54) is 4.88 Å². The molecule has 0 amide bonds. The summed E-state index contributed by atoms with van der Waals surface area (Å²) in [4.78, 5) is 5.76. The van der Waals surface area contributed by atoms with E-state index in [2.05, 4.69) is 22.5 Å². The number of hydrogen-bond acceptors (Lipinski definition) is 4. The van der Waals surface area contributed by atoms with E-state index in [1.807, 2.05) is 25.3 Å². The van der Waals surface area contributed by atoms with E-state index in [0.717, 1.165) is 17.1 Å². The molecule has 4 heteroatoms. The van der Waals surface area contributed by atoms with Crippen LogP contribution in [0.2, 0.25) is 0 Å². The molecule has 0 saturated heterocycles. The van der Waals surface area contributed by atoms with Crippen molar-refractivity contribution in [3.05, 3.63) is 27.9 Å². The summed E-state index contributed by atoms with van der Waals surface area (Å²) in [5.41, 5.74) is 0.702. The number of rotatable bonds is 3. The number of nitriles is 1. The van der Waals surface area contributed by atoms with Crippen molar-refractivity contribution in [1.29, 1.82) is 5.26 Å². The highest BCUT2D eigenvalue weighted by molar-refractivity contribution is 7.14. The molecule has 0 spiro atoms. The predicted octanol–water partition coefficient (Wildman–Crippen LogP) is 3.96. The molecular formula is C12H12N2S2. The Balaban J connectivity index is 2.18. The Morgan fingerprint density at radius 1 is 1.44 bits per heavy atom. The van der Waals surface area contributed by atoms with Gasteiger partial charge < -0.3 is 0 Å². The molecule has 16 heavy (non-hydrogen) atoms. The van der Waals surface area contributed by atoms with Gasteiger partial charge in [0.25, 0.3) is 0 Å². The minimum atomic E-state index is -0.329. The average Bonchev–Trinajstić information content (AvgIpc) is 2.86. The van der Waals surface area contributed by atoms with Crippen molar-refractivity contribution >= 4 is 22.7 Å². The van der Waals surface area contributed by atoms with Crippen molar-refractivity contribution in [2.24, 2.45) is 5.41 Å². The fourth-order valence-corrected chi connectivity index (χ4v) is 3.13. The topological polar surface area (TPSA) is 36.7 Å². The van der Waals surface area contributed by atoms with Crippen molar-refractivity contribution in [2.75, 3.05) is 0 Å². The van der Waals surface area contributed by atoms with Gasteiger partial charge >= 0.3 is 0 Å². The second kappa shape index (κ2) is 4.36. The summed E-state index contributed by atoms with van der Waals surface area (Å²) in [5.74, 6) is 0. The molecule has 2 nitrogen and oxygen atoms in total. The van der Waals surface area contributed by atoms with Gasteiger partial charge in [-0.2, -0.15) is 5.26 Å². The van der Waals surface area contributed by atoms with Gasteiger partial charge in [-0.1, -0.05) is 6.07 Å². The first-order valence-corrected chi connectivity index (χ1v) is 6.76. The van der Waals surface area contributed by atoms with Gasteiger partial charge in [0.1, 0.15) is 0 Å². The summed E-state index contributed by atoms with van der Waals surface area (Å²) in [6, 6.07) is 6.40. The van der Waals surface area contributed by atoms with Gasteiger partial charge in [-0.25, -0.2) is 4.98 Å². The molecule has 0 aromatic carbocycles. The van der Waals surface area contributed by atoms with Crippen LogP contribution in [0.5, 0.6) is 0 Å². The largest absolute Gasteiger partial charge is 0.240 e. The first-order valence-electron chi connectivity index (χ1n) is 5.00. The molecular weight excluding hydrogens is 236 g/mol. The average molecular weight is 248 g/mol. The first-order chi connectivity index (χ1) is 7.61. The van der Waals surface area contributed by atoms with Crippen LogP contribution in [0.4, 0.5) is 0 Å². The lowest BCUT2D eigenvalue weighted by Gasteiger charge is -2.11. The molecule has 0 aliphatic rings. The van der Waals surface area contributed by atoms with E-state index in [9.17, 15) is 0 Å². The fraction of sp³-hybridized carbons (Fsp3) is 0.333. The predicted molar refractivity (Wildman–Crippen MR) is 68.5 cm³/mol. The van der Waals surface area contributed by atoms with Crippen LogP contribution >= 0.6 is 22.7 Å². The lowest BCUT2D eigenvalue weighted by molar-refractivity contribution is 0.492. The van der Waals surface area contributed by atoms with Gasteiger partial charge in [-0.15, -0.1) is 22.7 Å². The summed E-state index contributed by atoms with van der Waals surface area (Å²) in [7, 11) is 0. The smallest absolute Gasteiger partial charge is 0.0948 e. The molecule has 0 N–H and O–H groups in total. The zero-order chi connectivity index (χ0) is 11.6. The second-order valence-electron chi connectivity index (χ2n) is 4.28. The molecule has 82 valence electrons. The van der Waals surface area contributed by atoms with Gasteiger partial charge in [0.15, 0.2) is 0 Å². The van der Waals surface area contributed by atoms with Crippen molar-refractivity contribution < 1.29 is 0 Å². The molecule has 2 aromatic rings. The molecule has 2 heterocycles. The van der Waals surface area contributed by atoms with E-state index >= 15 is 0 Å². The number of thiophene rings is 1. The number of thiazole rings is 1. The van der Waals surface area contributed by atoms with E-state index in [-0.39, 0.29) is 5.41 Å². The van der Waals surface area contributed by atoms with Crippen LogP contribution in [0.15, 0.2) is 22.9 Å². The zero-order valence-electron chi connectivity index (χ0n) is 9.23. The Kier molecular flexibility index (Phi) is 3.08. The van der Waals surface area contributed by atoms with Gasteiger partial charge in [0.2, 0.25) is 0 Å². The second-order valence-corrected chi connectivity index (χ2v) is 6.17. The molecule has 0 fully saturated rings. The van der Waals surface area contributed by atoms with Crippen LogP contribution < -0.4 is 0 Å². The van der Waals surface area contributed by atoms with Crippen LogP contribution in [-0.4, -0.2) is 4.98 Å². The third-order valence-corrected chi connectivity index (χ3v) is 3.96. The van der Waals surface area contributed by atoms with E-state index in [4.69, 9.17) is 5.26 Å². The molecule has 2 aromatic heterocycles. The molecule has 0 atom stereocenters. The molecule has 0 aliphatic heterocycles. The van der Waals surface area contributed by atoms with Crippen molar-refractivity contribution in [3.8, 4) is 16.6 Å². The maximum absolute atomic E-state index is 8.98. The highest BCUT2D eigenvalue weighted by Crippen LogP contribution is 2.29. The maximum Gasteiger partial charge on any atom is 0.0948 e. The van der Waals surface area contributed by atoms with Crippen molar-refractivity contribution in [2.45, 2.75) is 20.3 Å². The summed E-state index contributed by atoms with van der Waals surface area (Å²) in [6.45, 7) is 3.89. The number of aromatic nitrogens is 1. The Morgan fingerprint density at radius 3 is 2.88 bits per heavy atom. The van der Waals surface area contributed by atoms with E-state index in [1.54, 1.807) is 22.7 Å². The number of hydrogen-bond donors (Lipinski definition) is 0. The van der Waals surface area contributed by atoms with Crippen LogP contribution in [0, 0.1) is 16.7 Å². The van der Waals surface area contributed by atoms with Gasteiger partial charge in [0, 0.05) is 11.8 Å². The molecule has 0 unspecified atom stereocenters. The molecule has 0 aliphatic carbocycles. The van der Waals surface area contributed by atoms with Crippen LogP contribution in [0.1, 0.15) is 18.9 Å². The summed E-state index contributed by atoms with van der Waals surface area (Å²) in [5, 5.41) is 14.1. The zero-order valence-corrected chi connectivity index (χ0v) is 10.9. The Labute approximate surface area is 103 Å². The minimum absolute atomic E-state index is 0.329. The number of nitrogens with zero attached hydrogens (tertiary/aromatic N) is 2. The Hall–Kier alpha value is -1.18. The maximum atomic E-state index is 8.98. The standard InChI is InChI=1S/C12H12N2S2/c1-12(2,8-13)6-11-14-9(7-16-11)10-4-3-5-15-10/h3-5,7H,6H2,1-2H3. The fourth-order valence-electron chi connectivity index (χ4n) is 1.35. The summed E-state index contributed by atoms with van der Waals surface area (Å²) in [6.07, 6.45) is 0.722. The first kappa shape index (κ1) is 11.3. The van der Waals surface area contributed by atoms with Gasteiger partial charge in [0.05, 0.1) is 27.1 Å². The minimum Gasteiger partial charge on any atom is -0.240 e. The third-order valence-electron chi connectivity index (χ3n) is 2.22. The summed E-state index contributed by atoms with van der Waals surface area (Å²) < 4.78 is 0. The monoisotopic (exact) mass is 248 g/mol. The van der Waals surface area contributed by atoms with Crippen molar-refractivity contribution in [1.82, 2.24) is 4.98 Å². The normalized spacial score (nSPS) is 11.3. The van der Waals surface area contributed by atoms with E-state index < -0.39 is 0 Å². The molecule has 2 rings (SSSR count). The highest BCUT2D eigenvalue weighted by Gasteiger charge is 2.19. The quantitative estimate of drug-likeness (QED) is 0.824. The van der Waals surface area contributed by atoms with Gasteiger partial charge in [-0.05, 0) is 25.3 Å². The lowest BCUT2D eigenvalue weighted by Crippen LogP contribution is -2.11. The lowest BCUT2D eigenvalue weighted by atomic mass is 9.92. The van der Waals surface area contributed by atoms with Crippen LogP contribution in [-0.2, 0) is 6.42 Å². The summed E-state index contributed by atoms with van der Waals surface area (Å²) >= 11 is 3.33.